The molecule has 0 aliphatic carbocycles. The van der Waals surface area contributed by atoms with Crippen LogP contribution >= 0.6 is 0 Å². The maximum absolute atomic E-state index is 10.7. The van der Waals surface area contributed by atoms with E-state index in [1.54, 1.807) is 0 Å². The van der Waals surface area contributed by atoms with Crippen molar-refractivity contribution in [2.45, 2.75) is 26.3 Å². The number of rotatable bonds is 4. The molecule has 0 bridgehead atoms. The van der Waals surface area contributed by atoms with E-state index in [0.29, 0.717) is 6.54 Å². The van der Waals surface area contributed by atoms with Gasteiger partial charge in [-0.3, -0.25) is 0 Å². The molecule has 0 atom stereocenters. The van der Waals surface area contributed by atoms with Crippen molar-refractivity contribution in [1.29, 1.82) is 0 Å². The minimum Gasteiger partial charge on any atom is -0.300 e. The first-order chi connectivity index (χ1) is 5.63. The second-order valence-corrected chi connectivity index (χ2v) is 6.09. The summed E-state index contributed by atoms with van der Waals surface area (Å²) >= 11 is 0. The van der Waals surface area contributed by atoms with Crippen molar-refractivity contribution in [2.75, 3.05) is 26.4 Å². The first kappa shape index (κ1) is 12.9. The van der Waals surface area contributed by atoms with E-state index in [2.05, 4.69) is 30.4 Å². The van der Waals surface area contributed by atoms with Gasteiger partial charge < -0.3 is 4.90 Å². The smallest absolute Gasteiger partial charge is 0.208 e. The number of hydrogen-bond acceptors (Lipinski definition) is 3. The molecule has 0 aliphatic heterocycles. The predicted molar refractivity (Wildman–Crippen MR) is 55.2 cm³/mol. The topological polar surface area (TPSA) is 49.4 Å². The van der Waals surface area contributed by atoms with Crippen molar-refractivity contribution in [3.8, 4) is 0 Å². The van der Waals surface area contributed by atoms with Gasteiger partial charge in [0.1, 0.15) is 0 Å². The standard InChI is InChI=1S/C8H20N2O2S/c1-8(2,3)10(4)7-6-9-13(5,11)12/h9H,6-7H2,1-5H3. The van der Waals surface area contributed by atoms with Crippen LogP contribution in [0.5, 0.6) is 0 Å². The average molecular weight is 208 g/mol. The molecule has 0 aromatic carbocycles. The van der Waals surface area contributed by atoms with E-state index < -0.39 is 10.0 Å². The summed E-state index contributed by atoms with van der Waals surface area (Å²) in [5.74, 6) is 0. The lowest BCUT2D eigenvalue weighted by molar-refractivity contribution is 0.179. The van der Waals surface area contributed by atoms with Gasteiger partial charge in [-0.15, -0.1) is 0 Å². The summed E-state index contributed by atoms with van der Waals surface area (Å²) in [5.41, 5.74) is 0.0825. The third-order valence-electron chi connectivity index (χ3n) is 1.96. The SMILES string of the molecule is CN(CCNS(C)(=O)=O)C(C)(C)C. The molecule has 0 amide bonds. The molecule has 5 heteroatoms. The lowest BCUT2D eigenvalue weighted by Crippen LogP contribution is -2.42. The Bertz CT molecular complexity index is 241. The van der Waals surface area contributed by atoms with E-state index in [-0.39, 0.29) is 5.54 Å². The zero-order valence-electron chi connectivity index (χ0n) is 9.09. The maximum Gasteiger partial charge on any atom is 0.208 e. The molecule has 0 aromatic heterocycles. The molecule has 0 heterocycles. The first-order valence-electron chi connectivity index (χ1n) is 4.29. The highest BCUT2D eigenvalue weighted by Crippen LogP contribution is 2.08. The lowest BCUT2D eigenvalue weighted by atomic mass is 10.1. The fourth-order valence-electron chi connectivity index (χ4n) is 0.734. The van der Waals surface area contributed by atoms with Crippen LogP contribution < -0.4 is 4.72 Å². The molecule has 0 aliphatic rings. The van der Waals surface area contributed by atoms with Gasteiger partial charge in [-0.25, -0.2) is 13.1 Å². The Labute approximate surface area is 81.4 Å². The van der Waals surface area contributed by atoms with Crippen molar-refractivity contribution in [3.05, 3.63) is 0 Å². The molecule has 1 N–H and O–H groups in total. The Morgan fingerprint density at radius 3 is 2.08 bits per heavy atom. The largest absolute Gasteiger partial charge is 0.300 e. The van der Waals surface area contributed by atoms with Crippen LogP contribution in [-0.4, -0.2) is 45.2 Å². The Morgan fingerprint density at radius 1 is 1.31 bits per heavy atom. The summed E-state index contributed by atoms with van der Waals surface area (Å²) in [6, 6.07) is 0. The van der Waals surface area contributed by atoms with E-state index in [0.717, 1.165) is 6.54 Å². The van der Waals surface area contributed by atoms with E-state index in [1.165, 1.54) is 6.26 Å². The van der Waals surface area contributed by atoms with E-state index >= 15 is 0 Å². The second-order valence-electron chi connectivity index (χ2n) is 4.26. The zero-order chi connectivity index (χ0) is 10.7. The van der Waals surface area contributed by atoms with Gasteiger partial charge in [0, 0.05) is 18.6 Å². The molecule has 0 aromatic rings. The highest BCUT2D eigenvalue weighted by atomic mass is 32.2. The fraction of sp³-hybridized carbons (Fsp3) is 1.00. The molecule has 0 rings (SSSR count). The summed E-state index contributed by atoms with van der Waals surface area (Å²) in [4.78, 5) is 2.10. The van der Waals surface area contributed by atoms with Crippen LogP contribution in [0.1, 0.15) is 20.8 Å². The molecule has 0 spiro atoms. The van der Waals surface area contributed by atoms with Gasteiger partial charge in [0.2, 0.25) is 10.0 Å². The predicted octanol–water partition coefficient (Wildman–Crippen LogP) is 0.266. The summed E-state index contributed by atoms with van der Waals surface area (Å²) in [6.07, 6.45) is 1.17. The Hall–Kier alpha value is -0.130. The van der Waals surface area contributed by atoms with Crippen molar-refractivity contribution >= 4 is 10.0 Å². The molecule has 80 valence electrons. The van der Waals surface area contributed by atoms with Gasteiger partial charge in [0.25, 0.3) is 0 Å². The van der Waals surface area contributed by atoms with Gasteiger partial charge in [0.15, 0.2) is 0 Å². The number of sulfonamides is 1. The quantitative estimate of drug-likeness (QED) is 0.721. The molecular formula is C8H20N2O2S. The molecule has 0 fully saturated rings. The Kier molecular flexibility index (Phi) is 4.35. The maximum atomic E-state index is 10.7. The van der Waals surface area contributed by atoms with E-state index in [4.69, 9.17) is 0 Å². The highest BCUT2D eigenvalue weighted by Gasteiger charge is 2.16. The number of likely N-dealkylation sites (N-methyl/N-ethyl adjacent to an activating group) is 1. The van der Waals surface area contributed by atoms with Gasteiger partial charge in [-0.05, 0) is 27.8 Å². The lowest BCUT2D eigenvalue weighted by Gasteiger charge is -2.31. The number of hydrogen-bond donors (Lipinski definition) is 1. The van der Waals surface area contributed by atoms with Crippen molar-refractivity contribution < 1.29 is 8.42 Å². The van der Waals surface area contributed by atoms with Crippen LogP contribution in [0.3, 0.4) is 0 Å². The van der Waals surface area contributed by atoms with Crippen LogP contribution in [-0.2, 0) is 10.0 Å². The van der Waals surface area contributed by atoms with E-state index in [9.17, 15) is 8.42 Å². The molecular weight excluding hydrogens is 188 g/mol. The van der Waals surface area contributed by atoms with Gasteiger partial charge in [0.05, 0.1) is 6.26 Å². The van der Waals surface area contributed by atoms with Gasteiger partial charge in [-0.2, -0.15) is 0 Å². The second kappa shape index (κ2) is 4.39. The summed E-state index contributed by atoms with van der Waals surface area (Å²) < 4.78 is 23.9. The third kappa shape index (κ3) is 6.98. The Morgan fingerprint density at radius 2 is 1.77 bits per heavy atom. The minimum atomic E-state index is -3.04. The summed E-state index contributed by atoms with van der Waals surface area (Å²) in [7, 11) is -1.07. The highest BCUT2D eigenvalue weighted by molar-refractivity contribution is 7.88. The zero-order valence-corrected chi connectivity index (χ0v) is 9.90. The normalized spacial score (nSPS) is 13.7. The molecule has 0 unspecified atom stereocenters. The van der Waals surface area contributed by atoms with Crippen molar-refractivity contribution in [2.24, 2.45) is 0 Å². The fourth-order valence-corrected chi connectivity index (χ4v) is 1.20. The number of nitrogens with zero attached hydrogens (tertiary/aromatic N) is 1. The van der Waals surface area contributed by atoms with Crippen LogP contribution in [0, 0.1) is 0 Å². The molecule has 0 saturated carbocycles. The van der Waals surface area contributed by atoms with E-state index in [1.807, 2.05) is 7.05 Å². The average Bonchev–Trinajstić information content (AvgIpc) is 1.82. The molecule has 0 radical (unpaired) electrons. The van der Waals surface area contributed by atoms with Crippen LogP contribution in [0.2, 0.25) is 0 Å². The molecule has 4 nitrogen and oxygen atoms in total. The van der Waals surface area contributed by atoms with Crippen LogP contribution in [0.25, 0.3) is 0 Å². The monoisotopic (exact) mass is 208 g/mol. The van der Waals surface area contributed by atoms with Gasteiger partial charge in [-0.1, -0.05) is 0 Å². The summed E-state index contributed by atoms with van der Waals surface area (Å²) in [5, 5.41) is 0. The minimum absolute atomic E-state index is 0.0825. The Balaban J connectivity index is 3.80. The summed E-state index contributed by atoms with van der Waals surface area (Å²) in [6.45, 7) is 7.46. The van der Waals surface area contributed by atoms with Crippen LogP contribution in [0.15, 0.2) is 0 Å². The molecule has 13 heavy (non-hydrogen) atoms. The van der Waals surface area contributed by atoms with Crippen molar-refractivity contribution in [3.63, 3.8) is 0 Å². The first-order valence-corrected chi connectivity index (χ1v) is 6.18. The number of nitrogens with one attached hydrogen (secondary N) is 1. The van der Waals surface area contributed by atoms with Crippen molar-refractivity contribution in [1.82, 2.24) is 9.62 Å². The van der Waals surface area contributed by atoms with Gasteiger partial charge >= 0.3 is 0 Å². The molecule has 0 saturated heterocycles. The third-order valence-corrected chi connectivity index (χ3v) is 2.69. The van der Waals surface area contributed by atoms with Crippen LogP contribution in [0.4, 0.5) is 0 Å².